The number of β-amino-alcohol motifs (C(OH)–C–C–N with tert-alkyl or cyclic N) is 1. The van der Waals surface area contributed by atoms with E-state index in [1.807, 2.05) is 37.3 Å². The quantitative estimate of drug-likeness (QED) is 0.697. The summed E-state index contributed by atoms with van der Waals surface area (Å²) in [7, 11) is -5.68. The first-order valence-corrected chi connectivity index (χ1v) is 14.9. The lowest BCUT2D eigenvalue weighted by molar-refractivity contribution is -0.0959. The van der Waals surface area contributed by atoms with Crippen LogP contribution in [0.5, 0.6) is 0 Å². The zero-order chi connectivity index (χ0) is 21.3. The van der Waals surface area contributed by atoms with Gasteiger partial charge in [0.25, 0.3) is 0 Å². The van der Waals surface area contributed by atoms with Crippen LogP contribution in [0.15, 0.2) is 59.5 Å². The lowest BCUT2D eigenvalue weighted by atomic mass is 9.85. The summed E-state index contributed by atoms with van der Waals surface area (Å²) in [6.07, 6.45) is 0.517. The van der Waals surface area contributed by atoms with Gasteiger partial charge in [-0.15, -0.1) is 0 Å². The molecular formula is C22H31NO4SSi. The molecule has 0 unspecified atom stereocenters. The zero-order valence-corrected chi connectivity index (χ0v) is 19.4. The molecule has 1 fully saturated rings. The summed E-state index contributed by atoms with van der Waals surface area (Å²) in [5.74, 6) is 0. The average Bonchev–Trinajstić information content (AvgIpc) is 2.66. The SMILES string of the molecule is Cc1ccc(S(=O)(=O)N2CCC[C@](O)([C@H](O[Si](C)(C)C)c3ccccc3)C2)cc1. The normalized spacial score (nSPS) is 22.4. The Morgan fingerprint density at radius 1 is 1.07 bits per heavy atom. The Labute approximate surface area is 175 Å². The maximum atomic E-state index is 13.2. The van der Waals surface area contributed by atoms with E-state index in [-0.39, 0.29) is 11.4 Å². The fraction of sp³-hybridized carbons (Fsp3) is 0.455. The molecule has 158 valence electrons. The molecule has 1 aliphatic heterocycles. The average molecular weight is 434 g/mol. The number of aryl methyl sites for hydroxylation is 1. The number of nitrogens with zero attached hydrogens (tertiary/aromatic N) is 1. The van der Waals surface area contributed by atoms with Gasteiger partial charge in [0.2, 0.25) is 10.0 Å². The standard InChI is InChI=1S/C22H31NO4SSi/c1-18-11-13-20(14-12-18)28(25,26)23-16-8-15-22(24,17-23)21(27-29(2,3)4)19-9-6-5-7-10-19/h5-7,9-14,21,24H,8,15-17H2,1-4H3/t21-,22-/m1/s1. The molecule has 2 atom stereocenters. The van der Waals surface area contributed by atoms with Crippen molar-refractivity contribution in [2.75, 3.05) is 13.1 Å². The second-order valence-corrected chi connectivity index (χ2v) is 15.3. The van der Waals surface area contributed by atoms with Crippen molar-refractivity contribution in [1.29, 1.82) is 0 Å². The summed E-state index contributed by atoms with van der Waals surface area (Å²) >= 11 is 0. The number of hydrogen-bond acceptors (Lipinski definition) is 4. The highest BCUT2D eigenvalue weighted by Crippen LogP contribution is 2.39. The zero-order valence-electron chi connectivity index (χ0n) is 17.6. The number of aliphatic hydroxyl groups is 1. The van der Waals surface area contributed by atoms with E-state index in [1.165, 1.54) is 4.31 Å². The highest BCUT2D eigenvalue weighted by Gasteiger charge is 2.46. The molecule has 0 saturated carbocycles. The topological polar surface area (TPSA) is 66.8 Å². The van der Waals surface area contributed by atoms with E-state index >= 15 is 0 Å². The van der Waals surface area contributed by atoms with Gasteiger partial charge in [0.1, 0.15) is 11.7 Å². The second-order valence-electron chi connectivity index (χ2n) is 8.88. The fourth-order valence-electron chi connectivity index (χ4n) is 3.77. The van der Waals surface area contributed by atoms with Gasteiger partial charge in [-0.05, 0) is 57.1 Å². The maximum Gasteiger partial charge on any atom is 0.243 e. The Balaban J connectivity index is 1.94. The summed E-state index contributed by atoms with van der Waals surface area (Å²) in [5.41, 5.74) is 0.608. The molecule has 0 spiro atoms. The lowest BCUT2D eigenvalue weighted by Crippen LogP contribution is -2.55. The highest BCUT2D eigenvalue weighted by atomic mass is 32.2. The van der Waals surface area contributed by atoms with Crippen LogP contribution in [-0.4, -0.2) is 44.8 Å². The monoisotopic (exact) mass is 433 g/mol. The lowest BCUT2D eigenvalue weighted by Gasteiger charge is -2.45. The number of piperidine rings is 1. The molecule has 2 aromatic carbocycles. The molecular weight excluding hydrogens is 402 g/mol. The molecule has 3 rings (SSSR count). The van der Waals surface area contributed by atoms with Crippen molar-refractivity contribution < 1.29 is 18.0 Å². The van der Waals surface area contributed by atoms with Crippen LogP contribution in [0.25, 0.3) is 0 Å². The first-order chi connectivity index (χ1) is 13.5. The van der Waals surface area contributed by atoms with Crippen LogP contribution >= 0.6 is 0 Å². The van der Waals surface area contributed by atoms with Crippen LogP contribution in [0, 0.1) is 6.92 Å². The van der Waals surface area contributed by atoms with Gasteiger partial charge in [0, 0.05) is 13.1 Å². The largest absolute Gasteiger partial charge is 0.408 e. The van der Waals surface area contributed by atoms with E-state index in [9.17, 15) is 13.5 Å². The third-order valence-electron chi connectivity index (χ3n) is 5.19. The predicted octanol–water partition coefficient (Wildman–Crippen LogP) is 4.10. The van der Waals surface area contributed by atoms with Crippen molar-refractivity contribution in [2.45, 2.75) is 56.0 Å². The minimum absolute atomic E-state index is 0.0211. The number of benzene rings is 2. The molecule has 0 aliphatic carbocycles. The summed E-state index contributed by atoms with van der Waals surface area (Å²) in [4.78, 5) is 0.259. The van der Waals surface area contributed by atoms with E-state index in [2.05, 4.69) is 19.6 Å². The second kappa shape index (κ2) is 8.32. The Morgan fingerprint density at radius 2 is 1.69 bits per heavy atom. The van der Waals surface area contributed by atoms with Crippen molar-refractivity contribution in [3.8, 4) is 0 Å². The fourth-order valence-corrected chi connectivity index (χ4v) is 6.38. The maximum absolute atomic E-state index is 13.2. The molecule has 0 aromatic heterocycles. The Hall–Kier alpha value is -1.51. The first kappa shape index (κ1) is 22.2. The van der Waals surface area contributed by atoms with Gasteiger partial charge in [0.05, 0.1) is 4.90 Å². The van der Waals surface area contributed by atoms with Crippen molar-refractivity contribution in [1.82, 2.24) is 4.31 Å². The van der Waals surface area contributed by atoms with E-state index in [0.29, 0.717) is 19.4 Å². The Bertz CT molecular complexity index is 926. The van der Waals surface area contributed by atoms with E-state index in [1.54, 1.807) is 24.3 Å². The first-order valence-electron chi connectivity index (χ1n) is 10.0. The van der Waals surface area contributed by atoms with Crippen LogP contribution in [0.4, 0.5) is 0 Å². The van der Waals surface area contributed by atoms with Crippen LogP contribution in [0.2, 0.25) is 19.6 Å². The van der Waals surface area contributed by atoms with Crippen molar-refractivity contribution in [3.05, 3.63) is 65.7 Å². The molecule has 5 nitrogen and oxygen atoms in total. The van der Waals surface area contributed by atoms with Gasteiger partial charge < -0.3 is 9.53 Å². The van der Waals surface area contributed by atoms with Gasteiger partial charge >= 0.3 is 0 Å². The summed E-state index contributed by atoms with van der Waals surface area (Å²) in [5, 5.41) is 11.7. The van der Waals surface area contributed by atoms with Gasteiger partial charge in [-0.25, -0.2) is 8.42 Å². The van der Waals surface area contributed by atoms with Crippen LogP contribution in [0.1, 0.15) is 30.1 Å². The molecule has 29 heavy (non-hydrogen) atoms. The molecule has 0 bridgehead atoms. The minimum Gasteiger partial charge on any atom is -0.408 e. The molecule has 1 saturated heterocycles. The Morgan fingerprint density at radius 3 is 2.28 bits per heavy atom. The smallest absolute Gasteiger partial charge is 0.243 e. The predicted molar refractivity (Wildman–Crippen MR) is 118 cm³/mol. The number of sulfonamides is 1. The van der Waals surface area contributed by atoms with Crippen LogP contribution in [0.3, 0.4) is 0 Å². The van der Waals surface area contributed by atoms with E-state index in [0.717, 1.165) is 11.1 Å². The van der Waals surface area contributed by atoms with Gasteiger partial charge in [-0.2, -0.15) is 4.31 Å². The van der Waals surface area contributed by atoms with Gasteiger partial charge in [0.15, 0.2) is 8.32 Å². The third-order valence-corrected chi connectivity index (χ3v) is 7.99. The highest BCUT2D eigenvalue weighted by molar-refractivity contribution is 7.89. The molecule has 0 radical (unpaired) electrons. The molecule has 0 amide bonds. The van der Waals surface area contributed by atoms with Gasteiger partial charge in [-0.1, -0.05) is 48.0 Å². The number of hydrogen-bond donors (Lipinski definition) is 1. The molecule has 7 heteroatoms. The van der Waals surface area contributed by atoms with E-state index in [4.69, 9.17) is 4.43 Å². The Kier molecular flexibility index (Phi) is 6.36. The van der Waals surface area contributed by atoms with Crippen LogP contribution < -0.4 is 0 Å². The van der Waals surface area contributed by atoms with E-state index < -0.39 is 30.0 Å². The summed E-state index contributed by atoms with van der Waals surface area (Å²) < 4.78 is 34.3. The van der Waals surface area contributed by atoms with Crippen molar-refractivity contribution >= 4 is 18.3 Å². The van der Waals surface area contributed by atoms with Crippen molar-refractivity contribution in [2.24, 2.45) is 0 Å². The van der Waals surface area contributed by atoms with Crippen LogP contribution in [-0.2, 0) is 14.4 Å². The molecule has 1 N–H and O–H groups in total. The molecule has 1 aliphatic rings. The van der Waals surface area contributed by atoms with Crippen molar-refractivity contribution in [3.63, 3.8) is 0 Å². The van der Waals surface area contributed by atoms with Gasteiger partial charge in [-0.3, -0.25) is 0 Å². The summed E-state index contributed by atoms with van der Waals surface area (Å²) in [6, 6.07) is 16.5. The number of rotatable bonds is 6. The third kappa shape index (κ3) is 5.16. The minimum atomic E-state index is -3.68. The summed E-state index contributed by atoms with van der Waals surface area (Å²) in [6.45, 7) is 8.58. The molecule has 2 aromatic rings. The molecule has 1 heterocycles.